The molecule has 1 saturated heterocycles. The summed E-state index contributed by atoms with van der Waals surface area (Å²) in [6, 6.07) is 2.45. The predicted octanol–water partition coefficient (Wildman–Crippen LogP) is 3.33. The van der Waals surface area contributed by atoms with Crippen LogP contribution in [-0.2, 0) is 9.53 Å². The molecule has 0 N–H and O–H groups in total. The Morgan fingerprint density at radius 1 is 1.34 bits per heavy atom. The number of hydrogen-bond donors (Lipinski definition) is 0. The summed E-state index contributed by atoms with van der Waals surface area (Å²) in [4.78, 5) is 24.7. The smallest absolute Gasteiger partial charge is 0.432 e. The molecule has 0 aliphatic carbocycles. The molecule has 1 aromatic rings. The Hall–Kier alpha value is -2.82. The molecule has 2 aliphatic rings. The van der Waals surface area contributed by atoms with Crippen LogP contribution < -0.4 is 9.47 Å². The van der Waals surface area contributed by atoms with Crippen molar-refractivity contribution in [2.45, 2.75) is 44.5 Å². The second kappa shape index (κ2) is 9.76. The second-order valence-corrected chi connectivity index (χ2v) is 7.62. The molecule has 0 aromatic heterocycles. The topological polar surface area (TPSA) is 91.1 Å². The summed E-state index contributed by atoms with van der Waals surface area (Å²) in [5.41, 5.74) is 0.689. The largest absolute Gasteiger partial charge is 0.490 e. The molecule has 0 amide bonds. The van der Waals surface area contributed by atoms with E-state index in [1.807, 2.05) is 4.90 Å². The zero-order chi connectivity index (χ0) is 23.5. The van der Waals surface area contributed by atoms with Crippen LogP contribution in [0, 0.1) is 10.1 Å². The first-order valence-corrected chi connectivity index (χ1v) is 10.3. The first-order valence-electron chi connectivity index (χ1n) is 10.3. The van der Waals surface area contributed by atoms with Gasteiger partial charge in [-0.3, -0.25) is 14.9 Å². The Bertz CT molecular complexity index is 883. The van der Waals surface area contributed by atoms with Crippen LogP contribution in [0.1, 0.15) is 31.7 Å². The average Bonchev–Trinajstić information content (AvgIpc) is 2.73. The van der Waals surface area contributed by atoms with Crippen LogP contribution in [0.3, 0.4) is 0 Å². The maximum Gasteiger partial charge on any atom is 0.432 e. The number of nitro groups is 1. The van der Waals surface area contributed by atoms with Gasteiger partial charge in [-0.2, -0.15) is 13.2 Å². The number of rotatable bonds is 7. The summed E-state index contributed by atoms with van der Waals surface area (Å²) in [6.45, 7) is 4.82. The van der Waals surface area contributed by atoms with Crippen molar-refractivity contribution in [3.8, 4) is 11.5 Å². The number of carbonyl (C=O) groups excluding carboxylic acids is 1. The molecule has 0 bridgehead atoms. The van der Waals surface area contributed by atoms with Gasteiger partial charge in [0.15, 0.2) is 17.3 Å². The van der Waals surface area contributed by atoms with E-state index >= 15 is 0 Å². The average molecular weight is 458 g/mol. The standard InChI is InChI=1S/C21H25F3N2O6/c1-3-31-17-6-4-5-15-16(12-14(11-13(2)27)25-7-9-30-10-8-25)18(26(28)29)20(21(22,23)24)32-19(15)17/h4-6,11,16,18,20H,3,7-10,12H2,1-2H3/b14-11+/t16-,18+,20-/m0/s1. The molecule has 1 aromatic carbocycles. The summed E-state index contributed by atoms with van der Waals surface area (Å²) < 4.78 is 57.6. The number of allylic oxidation sites excluding steroid dienone is 2. The van der Waals surface area contributed by atoms with E-state index in [4.69, 9.17) is 14.2 Å². The lowest BCUT2D eigenvalue weighted by Gasteiger charge is -2.38. The molecule has 3 atom stereocenters. The van der Waals surface area contributed by atoms with Crippen LogP contribution in [0.4, 0.5) is 13.2 Å². The summed E-state index contributed by atoms with van der Waals surface area (Å²) in [7, 11) is 0. The molecular formula is C21H25F3N2O6. The summed E-state index contributed by atoms with van der Waals surface area (Å²) in [5, 5.41) is 11.9. The van der Waals surface area contributed by atoms with Crippen LogP contribution >= 0.6 is 0 Å². The van der Waals surface area contributed by atoms with Crippen molar-refractivity contribution in [1.29, 1.82) is 0 Å². The second-order valence-electron chi connectivity index (χ2n) is 7.62. The molecule has 1 fully saturated rings. The molecule has 3 rings (SSSR count). The van der Waals surface area contributed by atoms with Crippen LogP contribution in [0.15, 0.2) is 30.0 Å². The van der Waals surface area contributed by atoms with Gasteiger partial charge in [-0.1, -0.05) is 12.1 Å². The molecular weight excluding hydrogens is 433 g/mol. The minimum Gasteiger partial charge on any atom is -0.490 e. The van der Waals surface area contributed by atoms with Gasteiger partial charge in [-0.25, -0.2) is 0 Å². The fraction of sp³-hybridized carbons (Fsp3) is 0.571. The van der Waals surface area contributed by atoms with Gasteiger partial charge < -0.3 is 19.1 Å². The monoisotopic (exact) mass is 458 g/mol. The van der Waals surface area contributed by atoms with Crippen molar-refractivity contribution in [1.82, 2.24) is 4.90 Å². The van der Waals surface area contributed by atoms with Gasteiger partial charge in [0, 0.05) is 35.7 Å². The fourth-order valence-corrected chi connectivity index (χ4v) is 4.15. The molecule has 11 heteroatoms. The Balaban J connectivity index is 2.12. The lowest BCUT2D eigenvalue weighted by atomic mass is 9.81. The van der Waals surface area contributed by atoms with E-state index in [1.165, 1.54) is 25.1 Å². The number of hydrogen-bond acceptors (Lipinski definition) is 7. The van der Waals surface area contributed by atoms with Gasteiger partial charge in [0.05, 0.1) is 25.7 Å². The molecule has 0 unspecified atom stereocenters. The first kappa shape index (κ1) is 23.8. The van der Waals surface area contributed by atoms with Gasteiger partial charge in [0.25, 0.3) is 12.1 Å². The van der Waals surface area contributed by atoms with Crippen molar-refractivity contribution in [3.63, 3.8) is 0 Å². The maximum atomic E-state index is 13.9. The van der Waals surface area contributed by atoms with Crippen LogP contribution in [-0.4, -0.2) is 66.8 Å². The number of fused-ring (bicyclic) bond motifs is 1. The van der Waals surface area contributed by atoms with E-state index in [1.54, 1.807) is 13.0 Å². The quantitative estimate of drug-likeness (QED) is 0.352. The molecule has 32 heavy (non-hydrogen) atoms. The molecule has 2 heterocycles. The number of ether oxygens (including phenoxy) is 3. The van der Waals surface area contributed by atoms with Gasteiger partial charge >= 0.3 is 6.18 Å². The van der Waals surface area contributed by atoms with Crippen molar-refractivity contribution < 1.29 is 37.1 Å². The lowest BCUT2D eigenvalue weighted by molar-refractivity contribution is -0.548. The number of alkyl halides is 3. The van der Waals surface area contributed by atoms with Crippen molar-refractivity contribution in [2.75, 3.05) is 32.9 Å². The summed E-state index contributed by atoms with van der Waals surface area (Å²) in [6.07, 6.45) is -6.44. The van der Waals surface area contributed by atoms with E-state index in [0.29, 0.717) is 32.0 Å². The minimum atomic E-state index is -4.98. The molecule has 0 spiro atoms. The number of ketones is 1. The number of carbonyl (C=O) groups is 1. The Morgan fingerprint density at radius 2 is 2.03 bits per heavy atom. The maximum absolute atomic E-state index is 13.9. The molecule has 2 aliphatic heterocycles. The third kappa shape index (κ3) is 5.14. The zero-order valence-electron chi connectivity index (χ0n) is 17.8. The van der Waals surface area contributed by atoms with Crippen LogP contribution in [0.2, 0.25) is 0 Å². The SMILES string of the molecule is CCOc1cccc2c1O[C@H](C(F)(F)F)[C@H]([N+](=O)[O-])[C@H]2C/C(=C\C(C)=O)N1CCOCC1. The predicted molar refractivity (Wildman–Crippen MR) is 107 cm³/mol. The Kier molecular flexibility index (Phi) is 7.27. The van der Waals surface area contributed by atoms with E-state index in [0.717, 1.165) is 0 Å². The third-order valence-corrected chi connectivity index (χ3v) is 5.46. The Morgan fingerprint density at radius 3 is 2.59 bits per heavy atom. The number of benzene rings is 1. The highest BCUT2D eigenvalue weighted by molar-refractivity contribution is 5.87. The number of para-hydroxylation sites is 1. The number of morpholine rings is 1. The van der Waals surface area contributed by atoms with Crippen molar-refractivity contribution >= 4 is 5.78 Å². The molecule has 8 nitrogen and oxygen atoms in total. The van der Waals surface area contributed by atoms with Gasteiger partial charge in [0.1, 0.15) is 0 Å². The highest BCUT2D eigenvalue weighted by atomic mass is 19.4. The van der Waals surface area contributed by atoms with E-state index in [9.17, 15) is 28.1 Å². The normalized spacial score (nSPS) is 23.8. The molecule has 0 saturated carbocycles. The number of nitrogens with zero attached hydrogens (tertiary/aromatic N) is 2. The van der Waals surface area contributed by atoms with Crippen molar-refractivity contribution in [2.24, 2.45) is 0 Å². The fourth-order valence-electron chi connectivity index (χ4n) is 4.15. The van der Waals surface area contributed by atoms with E-state index in [2.05, 4.69) is 0 Å². The first-order chi connectivity index (χ1) is 15.1. The van der Waals surface area contributed by atoms with Gasteiger partial charge in [0.2, 0.25) is 0 Å². The minimum absolute atomic E-state index is 0.0921. The van der Waals surface area contributed by atoms with Crippen molar-refractivity contribution in [3.05, 3.63) is 45.6 Å². The highest BCUT2D eigenvalue weighted by Crippen LogP contribution is 2.49. The highest BCUT2D eigenvalue weighted by Gasteiger charge is 2.59. The van der Waals surface area contributed by atoms with E-state index in [-0.39, 0.29) is 35.9 Å². The van der Waals surface area contributed by atoms with Gasteiger partial charge in [-0.05, 0) is 26.0 Å². The lowest BCUT2D eigenvalue weighted by Crippen LogP contribution is -2.53. The van der Waals surface area contributed by atoms with Gasteiger partial charge in [-0.15, -0.1) is 0 Å². The number of halogens is 3. The third-order valence-electron chi connectivity index (χ3n) is 5.46. The summed E-state index contributed by atoms with van der Waals surface area (Å²) in [5.74, 6) is -1.54. The molecule has 176 valence electrons. The van der Waals surface area contributed by atoms with Crippen LogP contribution in [0.25, 0.3) is 0 Å². The zero-order valence-corrected chi connectivity index (χ0v) is 17.8. The van der Waals surface area contributed by atoms with E-state index < -0.39 is 29.2 Å². The van der Waals surface area contributed by atoms with Crippen LogP contribution in [0.5, 0.6) is 11.5 Å². The Labute approximate surface area is 183 Å². The summed E-state index contributed by atoms with van der Waals surface area (Å²) >= 11 is 0. The molecule has 0 radical (unpaired) electrons.